The van der Waals surface area contributed by atoms with Crippen molar-refractivity contribution in [3.63, 3.8) is 0 Å². The number of benzene rings is 2. The van der Waals surface area contributed by atoms with Gasteiger partial charge in [-0.25, -0.2) is 12.8 Å². The van der Waals surface area contributed by atoms with Crippen LogP contribution in [-0.4, -0.2) is 37.5 Å². The van der Waals surface area contributed by atoms with Gasteiger partial charge in [0.25, 0.3) is 0 Å². The summed E-state index contributed by atoms with van der Waals surface area (Å²) in [5.41, 5.74) is 0.832. The Kier molecular flexibility index (Phi) is 5.94. The van der Waals surface area contributed by atoms with Crippen LogP contribution in [0.5, 0.6) is 0 Å². The third kappa shape index (κ3) is 4.20. The molecule has 154 valence electrons. The number of thioether (sulfide) groups is 1. The number of hydrogen-bond donors (Lipinski definition) is 1. The molecule has 5 nitrogen and oxygen atoms in total. The molecule has 0 aliphatic carbocycles. The van der Waals surface area contributed by atoms with Crippen molar-refractivity contribution >= 4 is 27.7 Å². The van der Waals surface area contributed by atoms with Crippen molar-refractivity contribution < 1.29 is 17.6 Å². The van der Waals surface area contributed by atoms with Crippen LogP contribution < -0.4 is 5.32 Å². The number of nitrogens with one attached hydrogen (secondary N) is 1. The highest BCUT2D eigenvalue weighted by molar-refractivity contribution is 7.99. The third-order valence-electron chi connectivity index (χ3n) is 5.55. The third-order valence-corrected chi connectivity index (χ3v) is 8.62. The summed E-state index contributed by atoms with van der Waals surface area (Å²) < 4.78 is 41.0. The standard InChI is InChI=1S/C21H23FN2O3S2/c22-18-8-4-7-17-19(11-14-28-20(17)18)23-21(25)15-9-12-24(13-10-15)29(26,27)16-5-2-1-3-6-16/h1-8,15,19H,9-14H2,(H,23,25). The van der Waals surface area contributed by atoms with E-state index < -0.39 is 10.0 Å². The van der Waals surface area contributed by atoms with Crippen LogP contribution in [0.25, 0.3) is 0 Å². The van der Waals surface area contributed by atoms with Crippen LogP contribution in [0.15, 0.2) is 58.3 Å². The van der Waals surface area contributed by atoms with Gasteiger partial charge in [-0.1, -0.05) is 30.3 Å². The van der Waals surface area contributed by atoms with Crippen molar-refractivity contribution in [2.45, 2.75) is 35.1 Å². The molecular weight excluding hydrogens is 411 g/mol. The number of fused-ring (bicyclic) bond motifs is 1. The van der Waals surface area contributed by atoms with E-state index in [1.54, 1.807) is 36.4 Å². The molecule has 29 heavy (non-hydrogen) atoms. The molecule has 8 heteroatoms. The Labute approximate surface area is 174 Å². The fourth-order valence-electron chi connectivity index (χ4n) is 3.93. The second-order valence-corrected chi connectivity index (χ2v) is 10.4. The number of halogens is 1. The van der Waals surface area contributed by atoms with Gasteiger partial charge in [0, 0.05) is 29.7 Å². The summed E-state index contributed by atoms with van der Waals surface area (Å²) in [7, 11) is -3.53. The zero-order chi connectivity index (χ0) is 20.4. The molecule has 1 N–H and O–H groups in total. The lowest BCUT2D eigenvalue weighted by Crippen LogP contribution is -2.44. The van der Waals surface area contributed by atoms with E-state index in [9.17, 15) is 17.6 Å². The summed E-state index contributed by atoms with van der Waals surface area (Å²) in [6.07, 6.45) is 1.72. The summed E-state index contributed by atoms with van der Waals surface area (Å²) in [5, 5.41) is 3.07. The maximum atomic E-state index is 14.0. The first-order valence-electron chi connectivity index (χ1n) is 9.73. The van der Waals surface area contributed by atoms with Crippen LogP contribution in [0.3, 0.4) is 0 Å². The highest BCUT2D eigenvalue weighted by Crippen LogP contribution is 2.38. The quantitative estimate of drug-likeness (QED) is 0.799. The molecule has 0 radical (unpaired) electrons. The minimum atomic E-state index is -3.53. The molecule has 0 saturated carbocycles. The molecule has 1 unspecified atom stereocenters. The van der Waals surface area contributed by atoms with E-state index in [1.807, 2.05) is 6.07 Å². The fraction of sp³-hybridized carbons (Fsp3) is 0.381. The summed E-state index contributed by atoms with van der Waals surface area (Å²) >= 11 is 1.48. The predicted octanol–water partition coefficient (Wildman–Crippen LogP) is 3.58. The van der Waals surface area contributed by atoms with Crippen LogP contribution in [-0.2, 0) is 14.8 Å². The van der Waals surface area contributed by atoms with Crippen LogP contribution in [0.4, 0.5) is 4.39 Å². The molecule has 4 rings (SSSR count). The molecule has 0 aromatic heterocycles. The van der Waals surface area contributed by atoms with Gasteiger partial charge in [0.15, 0.2) is 0 Å². The van der Waals surface area contributed by atoms with Crippen molar-refractivity contribution in [2.24, 2.45) is 5.92 Å². The van der Waals surface area contributed by atoms with Gasteiger partial charge in [-0.3, -0.25) is 4.79 Å². The van der Waals surface area contributed by atoms with E-state index in [2.05, 4.69) is 5.32 Å². The molecule has 1 saturated heterocycles. The second-order valence-electron chi connectivity index (χ2n) is 7.35. The van der Waals surface area contributed by atoms with Gasteiger partial charge in [0.2, 0.25) is 15.9 Å². The van der Waals surface area contributed by atoms with Crippen molar-refractivity contribution in [3.05, 3.63) is 59.9 Å². The topological polar surface area (TPSA) is 66.5 Å². The van der Waals surface area contributed by atoms with E-state index in [0.717, 1.165) is 17.7 Å². The molecule has 2 aliphatic heterocycles. The molecule has 2 heterocycles. The van der Waals surface area contributed by atoms with Crippen molar-refractivity contribution in [1.82, 2.24) is 9.62 Å². The Hall–Kier alpha value is -1.90. The van der Waals surface area contributed by atoms with Crippen LogP contribution >= 0.6 is 11.8 Å². The number of nitrogens with zero attached hydrogens (tertiary/aromatic N) is 1. The van der Waals surface area contributed by atoms with E-state index in [-0.39, 0.29) is 28.6 Å². The Morgan fingerprint density at radius 3 is 2.48 bits per heavy atom. The molecule has 0 bridgehead atoms. The second kappa shape index (κ2) is 8.45. The average molecular weight is 435 g/mol. The summed E-state index contributed by atoms with van der Waals surface area (Å²) in [5.74, 6) is 0.204. The lowest BCUT2D eigenvalue weighted by molar-refractivity contribution is -0.127. The molecular formula is C21H23FN2O3S2. The molecule has 1 atom stereocenters. The SMILES string of the molecule is O=C(NC1CCSc2c(F)cccc21)C1CCN(S(=O)(=O)c2ccccc2)CC1. The highest BCUT2D eigenvalue weighted by atomic mass is 32.2. The first-order chi connectivity index (χ1) is 14.0. The number of amides is 1. The van der Waals surface area contributed by atoms with E-state index >= 15 is 0 Å². The van der Waals surface area contributed by atoms with Crippen molar-refractivity contribution in [3.8, 4) is 0 Å². The van der Waals surface area contributed by atoms with E-state index in [4.69, 9.17) is 0 Å². The molecule has 1 fully saturated rings. The zero-order valence-corrected chi connectivity index (χ0v) is 17.5. The largest absolute Gasteiger partial charge is 0.349 e. The van der Waals surface area contributed by atoms with E-state index in [1.165, 1.54) is 22.1 Å². The Balaban J connectivity index is 1.39. The summed E-state index contributed by atoms with van der Waals surface area (Å²) in [4.78, 5) is 13.7. The lowest BCUT2D eigenvalue weighted by atomic mass is 9.95. The molecule has 1 amide bonds. The van der Waals surface area contributed by atoms with Gasteiger partial charge in [0.05, 0.1) is 10.9 Å². The van der Waals surface area contributed by atoms with Gasteiger partial charge in [-0.05, 0) is 43.0 Å². The predicted molar refractivity (Wildman–Crippen MR) is 111 cm³/mol. The molecule has 0 spiro atoms. The minimum Gasteiger partial charge on any atom is -0.349 e. The molecule has 2 aliphatic rings. The minimum absolute atomic E-state index is 0.0751. The number of sulfonamides is 1. The van der Waals surface area contributed by atoms with Gasteiger partial charge in [-0.15, -0.1) is 11.8 Å². The first kappa shape index (κ1) is 20.4. The maximum Gasteiger partial charge on any atom is 0.243 e. The zero-order valence-electron chi connectivity index (χ0n) is 15.9. The van der Waals surface area contributed by atoms with Crippen molar-refractivity contribution in [1.29, 1.82) is 0 Å². The number of carbonyl (C=O) groups excluding carboxylic acids is 1. The summed E-state index contributed by atoms with van der Waals surface area (Å²) in [6.45, 7) is 0.641. The smallest absolute Gasteiger partial charge is 0.243 e. The lowest BCUT2D eigenvalue weighted by Gasteiger charge is -2.32. The van der Waals surface area contributed by atoms with Crippen molar-refractivity contribution in [2.75, 3.05) is 18.8 Å². The number of rotatable bonds is 4. The van der Waals surface area contributed by atoms with Crippen LogP contribution in [0, 0.1) is 11.7 Å². The van der Waals surface area contributed by atoms with Gasteiger partial charge < -0.3 is 5.32 Å². The van der Waals surface area contributed by atoms with Crippen LogP contribution in [0.2, 0.25) is 0 Å². The monoisotopic (exact) mass is 434 g/mol. The van der Waals surface area contributed by atoms with E-state index in [0.29, 0.717) is 30.8 Å². The van der Waals surface area contributed by atoms with Gasteiger partial charge >= 0.3 is 0 Å². The summed E-state index contributed by atoms with van der Waals surface area (Å²) in [6, 6.07) is 13.2. The fourth-order valence-corrected chi connectivity index (χ4v) is 6.56. The Morgan fingerprint density at radius 2 is 1.76 bits per heavy atom. The maximum absolute atomic E-state index is 14.0. The Morgan fingerprint density at radius 1 is 1.03 bits per heavy atom. The van der Waals surface area contributed by atoms with Gasteiger partial charge in [0.1, 0.15) is 5.82 Å². The number of piperidine rings is 1. The average Bonchev–Trinajstić information content (AvgIpc) is 2.75. The van der Waals surface area contributed by atoms with Gasteiger partial charge in [-0.2, -0.15) is 4.31 Å². The number of hydrogen-bond acceptors (Lipinski definition) is 4. The Bertz CT molecular complexity index is 990. The normalized spacial score (nSPS) is 20.8. The molecule has 2 aromatic rings. The first-order valence-corrected chi connectivity index (χ1v) is 12.2. The van der Waals surface area contributed by atoms with Crippen LogP contribution in [0.1, 0.15) is 30.9 Å². The molecule has 2 aromatic carbocycles. The highest BCUT2D eigenvalue weighted by Gasteiger charge is 2.33. The number of carbonyl (C=O) groups is 1.